The molecule has 0 aliphatic rings. The Morgan fingerprint density at radius 2 is 1.83 bits per heavy atom. The van der Waals surface area contributed by atoms with Crippen LogP contribution in [0.4, 0.5) is 11.5 Å². The molecule has 1 aromatic carbocycles. The average Bonchev–Trinajstić information content (AvgIpc) is 2.53. The summed E-state index contributed by atoms with van der Waals surface area (Å²) in [7, 11) is -1.92. The van der Waals surface area contributed by atoms with Gasteiger partial charge in [0.1, 0.15) is 12.0 Å². The Morgan fingerprint density at radius 1 is 1.22 bits per heavy atom. The molecule has 0 aliphatic carbocycles. The highest BCUT2D eigenvalue weighted by Gasteiger charge is 2.16. The van der Waals surface area contributed by atoms with Crippen LogP contribution in [0, 0.1) is 10.1 Å². The molecule has 8 nitrogen and oxygen atoms in total. The summed E-state index contributed by atoms with van der Waals surface area (Å²) in [6.45, 7) is 1.91. The number of pyridine rings is 1. The molecule has 2 aromatic rings. The van der Waals surface area contributed by atoms with Crippen molar-refractivity contribution < 1.29 is 13.3 Å². The maximum Gasteiger partial charge on any atom is 0.287 e. The predicted octanol–water partition coefficient (Wildman–Crippen LogP) is 1.83. The highest BCUT2D eigenvalue weighted by molar-refractivity contribution is 7.89. The quantitative estimate of drug-likeness (QED) is 0.657. The van der Waals surface area contributed by atoms with Crippen molar-refractivity contribution in [1.29, 1.82) is 0 Å². The van der Waals surface area contributed by atoms with Crippen molar-refractivity contribution in [3.05, 3.63) is 58.3 Å². The normalized spacial score (nSPS) is 12.7. The first-order chi connectivity index (χ1) is 10.7. The van der Waals surface area contributed by atoms with Crippen LogP contribution in [0.5, 0.6) is 0 Å². The number of benzene rings is 1. The first-order valence-corrected chi connectivity index (χ1v) is 8.21. The molecule has 1 unspecified atom stereocenters. The van der Waals surface area contributed by atoms with Crippen molar-refractivity contribution in [2.45, 2.75) is 17.9 Å². The number of rotatable bonds is 5. The number of hydrogen-bond acceptors (Lipinski definition) is 6. The summed E-state index contributed by atoms with van der Waals surface area (Å²) < 4.78 is 22.5. The van der Waals surface area contributed by atoms with Crippen LogP contribution >= 0.6 is 0 Å². The lowest BCUT2D eigenvalue weighted by Crippen LogP contribution is -2.22. The fraction of sp³-hybridized carbons (Fsp3) is 0.214. The summed E-state index contributed by atoms with van der Waals surface area (Å²) in [5, 5.41) is 15.7. The molecule has 122 valence electrons. The van der Waals surface area contributed by atoms with Gasteiger partial charge in [-0.25, -0.2) is 18.5 Å². The number of anilines is 1. The van der Waals surface area contributed by atoms with Gasteiger partial charge in [0.05, 0.1) is 15.9 Å². The Hall–Kier alpha value is -2.52. The van der Waals surface area contributed by atoms with E-state index in [2.05, 4.69) is 4.98 Å². The number of primary sulfonamides is 1. The van der Waals surface area contributed by atoms with Gasteiger partial charge in [0.25, 0.3) is 5.69 Å². The predicted molar refractivity (Wildman–Crippen MR) is 85.5 cm³/mol. The fourth-order valence-electron chi connectivity index (χ4n) is 2.05. The summed E-state index contributed by atoms with van der Waals surface area (Å²) in [5.74, 6) is 0.568. The molecular weight excluding hydrogens is 320 g/mol. The molecule has 1 atom stereocenters. The van der Waals surface area contributed by atoms with Crippen molar-refractivity contribution in [2.75, 3.05) is 11.9 Å². The third kappa shape index (κ3) is 3.82. The van der Waals surface area contributed by atoms with Gasteiger partial charge in [0.15, 0.2) is 0 Å². The summed E-state index contributed by atoms with van der Waals surface area (Å²) in [4.78, 5) is 16.1. The van der Waals surface area contributed by atoms with Crippen molar-refractivity contribution in [2.24, 2.45) is 5.14 Å². The number of sulfonamides is 1. The van der Waals surface area contributed by atoms with Crippen LogP contribution in [0.1, 0.15) is 18.5 Å². The second kappa shape index (κ2) is 6.31. The van der Waals surface area contributed by atoms with Gasteiger partial charge in [0.2, 0.25) is 10.0 Å². The lowest BCUT2D eigenvalue weighted by molar-refractivity contribution is -0.385. The third-order valence-corrected chi connectivity index (χ3v) is 4.51. The van der Waals surface area contributed by atoms with Crippen LogP contribution in [0.3, 0.4) is 0 Å². The van der Waals surface area contributed by atoms with E-state index in [0.717, 1.165) is 5.56 Å². The SMILES string of the molecule is CC(c1ccc(S(N)(=O)=O)cc1)N(C)c1ccc([N+](=O)[O-])cn1. The molecule has 0 aliphatic heterocycles. The van der Waals surface area contributed by atoms with Crippen LogP contribution < -0.4 is 10.0 Å². The van der Waals surface area contributed by atoms with Crippen molar-refractivity contribution in [3.63, 3.8) is 0 Å². The molecule has 23 heavy (non-hydrogen) atoms. The lowest BCUT2D eigenvalue weighted by atomic mass is 10.1. The van der Waals surface area contributed by atoms with E-state index in [1.54, 1.807) is 25.2 Å². The Morgan fingerprint density at radius 3 is 2.26 bits per heavy atom. The molecule has 9 heteroatoms. The van der Waals surface area contributed by atoms with Crippen LogP contribution in [-0.4, -0.2) is 25.4 Å². The third-order valence-electron chi connectivity index (χ3n) is 3.58. The first kappa shape index (κ1) is 16.8. The van der Waals surface area contributed by atoms with E-state index in [1.165, 1.54) is 24.4 Å². The van der Waals surface area contributed by atoms with E-state index in [9.17, 15) is 18.5 Å². The Balaban J connectivity index is 2.22. The van der Waals surface area contributed by atoms with E-state index in [-0.39, 0.29) is 16.6 Å². The molecular formula is C14H16N4O4S. The molecule has 0 saturated heterocycles. The Kier molecular flexibility index (Phi) is 4.62. The van der Waals surface area contributed by atoms with Crippen LogP contribution in [0.25, 0.3) is 0 Å². The van der Waals surface area contributed by atoms with E-state index in [1.807, 2.05) is 11.8 Å². The molecule has 0 bridgehead atoms. The second-order valence-corrected chi connectivity index (χ2v) is 6.59. The maximum absolute atomic E-state index is 11.3. The number of hydrogen-bond donors (Lipinski definition) is 1. The van der Waals surface area contributed by atoms with E-state index < -0.39 is 14.9 Å². The van der Waals surface area contributed by atoms with Gasteiger partial charge < -0.3 is 4.90 Å². The average molecular weight is 336 g/mol. The second-order valence-electron chi connectivity index (χ2n) is 5.03. The minimum Gasteiger partial charge on any atom is -0.353 e. The molecule has 2 N–H and O–H groups in total. The van der Waals surface area contributed by atoms with Crippen LogP contribution in [0.2, 0.25) is 0 Å². The van der Waals surface area contributed by atoms with Gasteiger partial charge in [-0.05, 0) is 30.7 Å². The van der Waals surface area contributed by atoms with Gasteiger partial charge in [-0.2, -0.15) is 0 Å². The fourth-order valence-corrected chi connectivity index (χ4v) is 2.57. The van der Waals surface area contributed by atoms with Gasteiger partial charge >= 0.3 is 0 Å². The molecule has 0 spiro atoms. The summed E-state index contributed by atoms with van der Waals surface area (Å²) in [6, 6.07) is 9.07. The van der Waals surface area contributed by atoms with Crippen LogP contribution in [-0.2, 0) is 10.0 Å². The molecule has 0 saturated carbocycles. The van der Waals surface area contributed by atoms with Gasteiger partial charge in [0, 0.05) is 13.1 Å². The maximum atomic E-state index is 11.3. The highest BCUT2D eigenvalue weighted by Crippen LogP contribution is 2.25. The lowest BCUT2D eigenvalue weighted by Gasteiger charge is -2.26. The molecule has 2 rings (SSSR count). The Labute approximate surface area is 133 Å². The first-order valence-electron chi connectivity index (χ1n) is 6.66. The minimum absolute atomic E-state index is 0.0459. The molecule has 0 radical (unpaired) electrons. The summed E-state index contributed by atoms with van der Waals surface area (Å²) in [6.07, 6.45) is 1.20. The molecule has 1 aromatic heterocycles. The standard InChI is InChI=1S/C14H16N4O4S/c1-10(11-3-6-13(7-4-11)23(15,21)22)17(2)14-8-5-12(9-16-14)18(19)20/h3-10H,1-2H3,(H2,15,21,22). The number of nitrogens with two attached hydrogens (primary N) is 1. The van der Waals surface area contributed by atoms with E-state index in [0.29, 0.717) is 5.82 Å². The largest absolute Gasteiger partial charge is 0.353 e. The smallest absolute Gasteiger partial charge is 0.287 e. The topological polar surface area (TPSA) is 119 Å². The minimum atomic E-state index is -3.72. The van der Waals surface area contributed by atoms with Crippen molar-refractivity contribution >= 4 is 21.5 Å². The summed E-state index contributed by atoms with van der Waals surface area (Å²) in [5.41, 5.74) is 0.785. The zero-order valence-corrected chi connectivity index (χ0v) is 13.4. The van der Waals surface area contributed by atoms with E-state index >= 15 is 0 Å². The molecule has 0 fully saturated rings. The van der Waals surface area contributed by atoms with Crippen molar-refractivity contribution in [3.8, 4) is 0 Å². The van der Waals surface area contributed by atoms with Gasteiger partial charge in [-0.15, -0.1) is 0 Å². The number of nitrogens with zero attached hydrogens (tertiary/aromatic N) is 3. The summed E-state index contributed by atoms with van der Waals surface area (Å²) >= 11 is 0. The number of aromatic nitrogens is 1. The zero-order valence-electron chi connectivity index (χ0n) is 12.6. The van der Waals surface area contributed by atoms with Crippen LogP contribution in [0.15, 0.2) is 47.5 Å². The van der Waals surface area contributed by atoms with Crippen molar-refractivity contribution in [1.82, 2.24) is 4.98 Å². The van der Waals surface area contributed by atoms with Gasteiger partial charge in [-0.1, -0.05) is 12.1 Å². The number of nitro groups is 1. The van der Waals surface area contributed by atoms with Gasteiger partial charge in [-0.3, -0.25) is 10.1 Å². The monoisotopic (exact) mass is 336 g/mol. The van der Waals surface area contributed by atoms with E-state index in [4.69, 9.17) is 5.14 Å². The Bertz CT molecular complexity index is 804. The molecule has 1 heterocycles. The zero-order chi connectivity index (χ0) is 17.2. The molecule has 0 amide bonds. The highest BCUT2D eigenvalue weighted by atomic mass is 32.2.